The van der Waals surface area contributed by atoms with Crippen molar-refractivity contribution in [3.05, 3.63) is 180 Å². The second-order valence-corrected chi connectivity index (χ2v) is 18.2. The van der Waals surface area contributed by atoms with Crippen molar-refractivity contribution < 1.29 is 0 Å². The van der Waals surface area contributed by atoms with E-state index in [2.05, 4.69) is 181 Å². The molecule has 2 nitrogen and oxygen atoms in total. The minimum Gasteiger partial charge on any atom is -0.310 e. The van der Waals surface area contributed by atoms with E-state index < -0.39 is 0 Å². The number of para-hydroxylation sites is 1. The summed E-state index contributed by atoms with van der Waals surface area (Å²) in [4.78, 5) is 2.51. The highest BCUT2D eigenvalue weighted by molar-refractivity contribution is 6.12. The maximum atomic E-state index is 2.52. The second kappa shape index (κ2) is 14.8. The molecular formula is C57H54N2. The normalized spacial score (nSPS) is 16.6. The summed E-state index contributed by atoms with van der Waals surface area (Å²) < 4.78 is 2.47. The number of hydrogen-bond acceptors (Lipinski definition) is 1. The van der Waals surface area contributed by atoms with E-state index in [-0.39, 0.29) is 5.41 Å². The Labute approximate surface area is 350 Å². The van der Waals surface area contributed by atoms with Crippen molar-refractivity contribution in [2.75, 3.05) is 4.90 Å². The number of rotatable bonds is 7. The third kappa shape index (κ3) is 6.31. The molecule has 2 heteroatoms. The van der Waals surface area contributed by atoms with Gasteiger partial charge in [0.1, 0.15) is 0 Å². The van der Waals surface area contributed by atoms with E-state index in [9.17, 15) is 0 Å². The molecule has 1 aromatic heterocycles. The molecule has 2 saturated carbocycles. The SMILES string of the molecule is CC1(C)c2cc(N(c3ccc(C4CCCCC4)cc3)c3ccc(C4CCCCC4)cc3)ccc2-c2cc3c(cc21)c1cc(-c2ccccc2)ccc1n3-c1ccccc1. The molecule has 2 fully saturated rings. The lowest BCUT2D eigenvalue weighted by atomic mass is 9.81. The number of anilines is 3. The molecule has 7 aromatic carbocycles. The van der Waals surface area contributed by atoms with Crippen LogP contribution in [0.25, 0.3) is 49.7 Å². The maximum absolute atomic E-state index is 2.52. The summed E-state index contributed by atoms with van der Waals surface area (Å²) in [5.74, 6) is 1.38. The van der Waals surface area contributed by atoms with Crippen molar-refractivity contribution in [3.63, 3.8) is 0 Å². The van der Waals surface area contributed by atoms with Gasteiger partial charge in [-0.05, 0) is 155 Å². The van der Waals surface area contributed by atoms with Gasteiger partial charge in [0.05, 0.1) is 11.0 Å². The minimum absolute atomic E-state index is 0.186. The smallest absolute Gasteiger partial charge is 0.0547 e. The van der Waals surface area contributed by atoms with Gasteiger partial charge in [-0.25, -0.2) is 0 Å². The first kappa shape index (κ1) is 36.2. The summed E-state index contributed by atoms with van der Waals surface area (Å²) >= 11 is 0. The molecule has 0 spiro atoms. The standard InChI is InChI=1S/C57H54N2/c1-57(2)53-36-48(58(46-28-23-42(24-29-46)39-15-7-3-8-16-39)47-30-25-43(26-31-47)40-17-9-4-10-18-40)32-33-49(53)50-38-56-52(37-54(50)57)51-35-44(41-19-11-5-12-20-41)27-34-55(51)59(56)45-21-13-6-14-22-45/h5-6,11-14,19-40H,3-4,7-10,15-18H2,1-2H3. The van der Waals surface area contributed by atoms with Crippen LogP contribution in [0.3, 0.4) is 0 Å². The van der Waals surface area contributed by atoms with Crippen LogP contribution in [0.1, 0.15) is 112 Å². The van der Waals surface area contributed by atoms with Gasteiger partial charge in [-0.3, -0.25) is 0 Å². The van der Waals surface area contributed by atoms with Crippen molar-refractivity contribution in [3.8, 4) is 27.9 Å². The van der Waals surface area contributed by atoms with Crippen molar-refractivity contribution in [1.29, 1.82) is 0 Å². The third-order valence-electron chi connectivity index (χ3n) is 14.4. The Bertz CT molecular complexity index is 2720. The van der Waals surface area contributed by atoms with Gasteiger partial charge in [0.25, 0.3) is 0 Å². The molecule has 0 bridgehead atoms. The van der Waals surface area contributed by atoms with Crippen LogP contribution in [-0.2, 0) is 5.41 Å². The molecule has 8 aromatic rings. The maximum Gasteiger partial charge on any atom is 0.0547 e. The fraction of sp³-hybridized carbons (Fsp3) is 0.263. The third-order valence-corrected chi connectivity index (χ3v) is 14.4. The Balaban J connectivity index is 1.04. The topological polar surface area (TPSA) is 8.17 Å². The predicted molar refractivity (Wildman–Crippen MR) is 250 cm³/mol. The first-order chi connectivity index (χ1) is 29.0. The van der Waals surface area contributed by atoms with Crippen LogP contribution in [0, 0.1) is 0 Å². The molecule has 0 aliphatic heterocycles. The van der Waals surface area contributed by atoms with Crippen molar-refractivity contribution in [2.24, 2.45) is 0 Å². The molecule has 0 atom stereocenters. The summed E-state index contributed by atoms with van der Waals surface area (Å²) in [6.07, 6.45) is 13.5. The molecular weight excluding hydrogens is 713 g/mol. The van der Waals surface area contributed by atoms with Crippen molar-refractivity contribution in [1.82, 2.24) is 4.57 Å². The lowest BCUT2D eigenvalue weighted by molar-refractivity contribution is 0.443. The zero-order valence-electron chi connectivity index (χ0n) is 34.6. The molecule has 0 radical (unpaired) electrons. The Morgan fingerprint density at radius 2 is 0.983 bits per heavy atom. The second-order valence-electron chi connectivity index (χ2n) is 18.2. The van der Waals surface area contributed by atoms with E-state index in [0.29, 0.717) is 11.8 Å². The quantitative estimate of drug-likeness (QED) is 0.157. The molecule has 59 heavy (non-hydrogen) atoms. The fourth-order valence-corrected chi connectivity index (χ4v) is 11.1. The Hall–Kier alpha value is -5.86. The van der Waals surface area contributed by atoms with Gasteiger partial charge in [0.2, 0.25) is 0 Å². The van der Waals surface area contributed by atoms with Crippen LogP contribution in [-0.4, -0.2) is 4.57 Å². The van der Waals surface area contributed by atoms with E-state index in [1.54, 1.807) is 0 Å². The average Bonchev–Trinajstić information content (AvgIpc) is 3.74. The summed E-state index contributed by atoms with van der Waals surface area (Å²) in [6.45, 7) is 4.86. The van der Waals surface area contributed by atoms with E-state index in [1.807, 2.05) is 0 Å². The van der Waals surface area contributed by atoms with Crippen LogP contribution in [0.2, 0.25) is 0 Å². The van der Waals surface area contributed by atoms with E-state index >= 15 is 0 Å². The molecule has 0 saturated heterocycles. The minimum atomic E-state index is -0.186. The largest absolute Gasteiger partial charge is 0.310 e. The first-order valence-corrected chi connectivity index (χ1v) is 22.4. The van der Waals surface area contributed by atoms with Gasteiger partial charge in [-0.2, -0.15) is 0 Å². The number of nitrogens with zero attached hydrogens (tertiary/aromatic N) is 2. The Morgan fingerprint density at radius 3 is 1.59 bits per heavy atom. The lowest BCUT2D eigenvalue weighted by Gasteiger charge is -2.29. The van der Waals surface area contributed by atoms with E-state index in [0.717, 1.165) is 0 Å². The Morgan fingerprint density at radius 1 is 0.441 bits per heavy atom. The predicted octanol–water partition coefficient (Wildman–Crippen LogP) is 16.3. The van der Waals surface area contributed by atoms with E-state index in [4.69, 9.17) is 0 Å². The van der Waals surface area contributed by atoms with Crippen LogP contribution >= 0.6 is 0 Å². The number of aromatic nitrogens is 1. The van der Waals surface area contributed by atoms with Gasteiger partial charge < -0.3 is 9.47 Å². The van der Waals surface area contributed by atoms with Crippen LogP contribution in [0.4, 0.5) is 17.1 Å². The molecule has 3 aliphatic carbocycles. The zero-order valence-corrected chi connectivity index (χ0v) is 34.6. The monoisotopic (exact) mass is 766 g/mol. The number of fused-ring (bicyclic) bond motifs is 6. The summed E-state index contributed by atoms with van der Waals surface area (Å²) in [7, 11) is 0. The van der Waals surface area contributed by atoms with Gasteiger partial charge >= 0.3 is 0 Å². The van der Waals surface area contributed by atoms with Crippen LogP contribution < -0.4 is 4.90 Å². The summed E-state index contributed by atoms with van der Waals surface area (Å²) in [6, 6.07) is 60.2. The highest BCUT2D eigenvalue weighted by Crippen LogP contribution is 2.53. The first-order valence-electron chi connectivity index (χ1n) is 22.4. The molecule has 11 rings (SSSR count). The zero-order chi connectivity index (χ0) is 39.5. The van der Waals surface area contributed by atoms with Gasteiger partial charge in [-0.15, -0.1) is 0 Å². The molecule has 0 amide bonds. The van der Waals surface area contributed by atoms with Gasteiger partial charge in [0.15, 0.2) is 0 Å². The fourth-order valence-electron chi connectivity index (χ4n) is 11.1. The summed E-state index contributed by atoms with van der Waals surface area (Å²) in [5.41, 5.74) is 18.1. The van der Waals surface area contributed by atoms with Crippen LogP contribution in [0.5, 0.6) is 0 Å². The molecule has 1 heterocycles. The molecule has 3 aliphatic rings. The molecule has 0 N–H and O–H groups in total. The van der Waals surface area contributed by atoms with E-state index in [1.165, 1.54) is 153 Å². The molecule has 0 unspecified atom stereocenters. The van der Waals surface area contributed by atoms with Gasteiger partial charge in [-0.1, -0.05) is 137 Å². The number of hydrogen-bond donors (Lipinski definition) is 0. The molecule has 292 valence electrons. The van der Waals surface area contributed by atoms with Crippen LogP contribution in [0.15, 0.2) is 158 Å². The Kier molecular flexibility index (Phi) is 9.06. The van der Waals surface area contributed by atoms with Gasteiger partial charge in [0, 0.05) is 38.9 Å². The number of benzene rings is 7. The summed E-state index contributed by atoms with van der Waals surface area (Å²) in [5, 5.41) is 2.60. The average molecular weight is 767 g/mol. The highest BCUT2D eigenvalue weighted by atomic mass is 15.1. The lowest BCUT2D eigenvalue weighted by Crippen LogP contribution is -2.16. The van der Waals surface area contributed by atoms with Crippen molar-refractivity contribution >= 4 is 38.9 Å². The van der Waals surface area contributed by atoms with Crippen molar-refractivity contribution in [2.45, 2.75) is 95.3 Å². The highest BCUT2D eigenvalue weighted by Gasteiger charge is 2.37.